The van der Waals surface area contributed by atoms with Crippen molar-refractivity contribution in [2.45, 2.75) is 20.1 Å². The molecule has 0 saturated carbocycles. The van der Waals surface area contributed by atoms with Gasteiger partial charge in [0, 0.05) is 21.6 Å². The van der Waals surface area contributed by atoms with Gasteiger partial charge in [0.2, 0.25) is 0 Å². The molecule has 100 valence electrons. The smallest absolute Gasteiger partial charge is 0.122 e. The van der Waals surface area contributed by atoms with E-state index in [1.807, 2.05) is 43.3 Å². The van der Waals surface area contributed by atoms with Gasteiger partial charge in [0.15, 0.2) is 0 Å². The Balaban J connectivity index is 2.10. The van der Waals surface area contributed by atoms with Gasteiger partial charge in [-0.3, -0.25) is 0 Å². The minimum atomic E-state index is 0.508. The first-order chi connectivity index (χ1) is 9.10. The standard InChI is InChI=1S/C15H15BrClNO/c1-10-6-13(17)4-5-15(10)19-9-12-3-2-11(8-18)7-14(12)16/h2-7H,8-9,18H2,1H3. The molecule has 2 nitrogen and oxygen atoms in total. The molecule has 0 atom stereocenters. The summed E-state index contributed by atoms with van der Waals surface area (Å²) in [4.78, 5) is 0. The molecule has 2 rings (SSSR count). The SMILES string of the molecule is Cc1cc(Cl)ccc1OCc1ccc(CN)cc1Br. The molecule has 0 fully saturated rings. The van der Waals surface area contributed by atoms with Crippen molar-refractivity contribution in [1.29, 1.82) is 0 Å². The van der Waals surface area contributed by atoms with Crippen molar-refractivity contribution < 1.29 is 4.74 Å². The van der Waals surface area contributed by atoms with Crippen LogP contribution in [0.25, 0.3) is 0 Å². The van der Waals surface area contributed by atoms with Gasteiger partial charge in [0.05, 0.1) is 0 Å². The van der Waals surface area contributed by atoms with Crippen LogP contribution < -0.4 is 10.5 Å². The summed E-state index contributed by atoms with van der Waals surface area (Å²) in [6.45, 7) is 3.03. The number of halogens is 2. The molecule has 0 aliphatic carbocycles. The summed E-state index contributed by atoms with van der Waals surface area (Å²) in [7, 11) is 0. The molecular formula is C15H15BrClNO. The van der Waals surface area contributed by atoms with E-state index in [9.17, 15) is 0 Å². The number of aryl methyl sites for hydroxylation is 1. The lowest BCUT2D eigenvalue weighted by atomic mass is 10.1. The zero-order valence-electron chi connectivity index (χ0n) is 10.6. The van der Waals surface area contributed by atoms with Gasteiger partial charge in [-0.15, -0.1) is 0 Å². The normalized spacial score (nSPS) is 10.5. The Hall–Kier alpha value is -1.03. The molecule has 0 aromatic heterocycles. The molecule has 0 bridgehead atoms. The topological polar surface area (TPSA) is 35.2 Å². The maximum Gasteiger partial charge on any atom is 0.122 e. The van der Waals surface area contributed by atoms with Crippen molar-refractivity contribution in [2.75, 3.05) is 0 Å². The fourth-order valence-electron chi connectivity index (χ4n) is 1.77. The van der Waals surface area contributed by atoms with Crippen LogP contribution in [0.5, 0.6) is 5.75 Å². The molecule has 0 aliphatic rings. The monoisotopic (exact) mass is 339 g/mol. The lowest BCUT2D eigenvalue weighted by molar-refractivity contribution is 0.303. The molecule has 2 aromatic carbocycles. The van der Waals surface area contributed by atoms with E-state index in [1.54, 1.807) is 0 Å². The average molecular weight is 341 g/mol. The Morgan fingerprint density at radius 1 is 1.21 bits per heavy atom. The highest BCUT2D eigenvalue weighted by Gasteiger charge is 2.04. The van der Waals surface area contributed by atoms with E-state index in [0.717, 1.165) is 31.9 Å². The Labute approximate surface area is 126 Å². The van der Waals surface area contributed by atoms with Crippen LogP contribution in [0.1, 0.15) is 16.7 Å². The predicted molar refractivity (Wildman–Crippen MR) is 82.6 cm³/mol. The summed E-state index contributed by atoms with van der Waals surface area (Å²) in [6.07, 6.45) is 0. The molecule has 2 N–H and O–H groups in total. The summed E-state index contributed by atoms with van der Waals surface area (Å²) in [5, 5.41) is 0.721. The second kappa shape index (κ2) is 6.42. The Kier molecular flexibility index (Phi) is 4.86. The second-order valence-corrected chi connectivity index (χ2v) is 5.62. The molecule has 0 amide bonds. The van der Waals surface area contributed by atoms with Gasteiger partial charge in [-0.2, -0.15) is 0 Å². The first-order valence-corrected chi connectivity index (χ1v) is 7.13. The summed E-state index contributed by atoms with van der Waals surface area (Å²) < 4.78 is 6.83. The molecule has 0 spiro atoms. The molecule has 0 heterocycles. The maximum atomic E-state index is 5.92. The molecule has 4 heteroatoms. The van der Waals surface area contributed by atoms with Crippen LogP contribution in [-0.4, -0.2) is 0 Å². The lowest BCUT2D eigenvalue weighted by Gasteiger charge is -2.11. The Bertz CT molecular complexity index is 586. The first kappa shape index (κ1) is 14.4. The summed E-state index contributed by atoms with van der Waals surface area (Å²) in [6, 6.07) is 11.7. The molecule has 0 aliphatic heterocycles. The van der Waals surface area contributed by atoms with Crippen molar-refractivity contribution in [1.82, 2.24) is 0 Å². The summed E-state index contributed by atoms with van der Waals surface area (Å²) >= 11 is 9.45. The number of benzene rings is 2. The van der Waals surface area contributed by atoms with E-state index in [4.69, 9.17) is 22.1 Å². The van der Waals surface area contributed by atoms with Crippen molar-refractivity contribution >= 4 is 27.5 Å². The van der Waals surface area contributed by atoms with Crippen LogP contribution in [0.2, 0.25) is 5.02 Å². The Morgan fingerprint density at radius 3 is 2.63 bits per heavy atom. The van der Waals surface area contributed by atoms with Gasteiger partial charge in [0.1, 0.15) is 12.4 Å². The minimum absolute atomic E-state index is 0.508. The van der Waals surface area contributed by atoms with Gasteiger partial charge in [-0.05, 0) is 42.3 Å². The fourth-order valence-corrected chi connectivity index (χ4v) is 2.53. The number of ether oxygens (including phenoxy) is 1. The van der Waals surface area contributed by atoms with Crippen molar-refractivity contribution in [2.24, 2.45) is 5.73 Å². The third-order valence-corrected chi connectivity index (χ3v) is 3.85. The van der Waals surface area contributed by atoms with Crippen LogP contribution in [0.4, 0.5) is 0 Å². The molecular weight excluding hydrogens is 326 g/mol. The number of nitrogens with two attached hydrogens (primary N) is 1. The molecule has 19 heavy (non-hydrogen) atoms. The minimum Gasteiger partial charge on any atom is -0.489 e. The predicted octanol–water partition coefficient (Wildman–Crippen LogP) is 4.45. The number of hydrogen-bond donors (Lipinski definition) is 1. The number of hydrogen-bond acceptors (Lipinski definition) is 2. The highest BCUT2D eigenvalue weighted by atomic mass is 79.9. The third kappa shape index (κ3) is 3.72. The molecule has 0 radical (unpaired) electrons. The molecule has 0 saturated heterocycles. The van der Waals surface area contributed by atoms with Crippen LogP contribution in [0.15, 0.2) is 40.9 Å². The van der Waals surface area contributed by atoms with Gasteiger partial charge >= 0.3 is 0 Å². The van der Waals surface area contributed by atoms with E-state index < -0.39 is 0 Å². The van der Waals surface area contributed by atoms with E-state index in [1.165, 1.54) is 0 Å². The Morgan fingerprint density at radius 2 is 2.00 bits per heavy atom. The van der Waals surface area contributed by atoms with Crippen molar-refractivity contribution in [3.05, 3.63) is 62.6 Å². The maximum absolute atomic E-state index is 5.92. The van der Waals surface area contributed by atoms with Crippen LogP contribution in [0, 0.1) is 6.92 Å². The summed E-state index contributed by atoms with van der Waals surface area (Å²) in [5.74, 6) is 0.846. The van der Waals surface area contributed by atoms with Crippen molar-refractivity contribution in [3.8, 4) is 5.75 Å². The van der Waals surface area contributed by atoms with E-state index in [0.29, 0.717) is 13.2 Å². The van der Waals surface area contributed by atoms with E-state index in [2.05, 4.69) is 15.9 Å². The van der Waals surface area contributed by atoms with Crippen molar-refractivity contribution in [3.63, 3.8) is 0 Å². The fraction of sp³-hybridized carbons (Fsp3) is 0.200. The molecule has 2 aromatic rings. The van der Waals surface area contributed by atoms with Gasteiger partial charge in [-0.1, -0.05) is 39.7 Å². The van der Waals surface area contributed by atoms with E-state index in [-0.39, 0.29) is 0 Å². The molecule has 0 unspecified atom stereocenters. The van der Waals surface area contributed by atoms with Gasteiger partial charge < -0.3 is 10.5 Å². The average Bonchev–Trinajstić information content (AvgIpc) is 2.39. The number of rotatable bonds is 4. The van der Waals surface area contributed by atoms with Crippen LogP contribution >= 0.6 is 27.5 Å². The third-order valence-electron chi connectivity index (χ3n) is 2.87. The van der Waals surface area contributed by atoms with Crippen LogP contribution in [0.3, 0.4) is 0 Å². The zero-order chi connectivity index (χ0) is 13.8. The second-order valence-electron chi connectivity index (χ2n) is 4.33. The largest absolute Gasteiger partial charge is 0.489 e. The van der Waals surface area contributed by atoms with Gasteiger partial charge in [-0.25, -0.2) is 0 Å². The quantitative estimate of drug-likeness (QED) is 0.892. The highest BCUT2D eigenvalue weighted by molar-refractivity contribution is 9.10. The van der Waals surface area contributed by atoms with E-state index >= 15 is 0 Å². The van der Waals surface area contributed by atoms with Gasteiger partial charge in [0.25, 0.3) is 0 Å². The summed E-state index contributed by atoms with van der Waals surface area (Å²) in [5.41, 5.74) is 8.82. The lowest BCUT2D eigenvalue weighted by Crippen LogP contribution is -2.00. The first-order valence-electron chi connectivity index (χ1n) is 5.96. The van der Waals surface area contributed by atoms with Crippen LogP contribution in [-0.2, 0) is 13.2 Å². The highest BCUT2D eigenvalue weighted by Crippen LogP contribution is 2.25. The zero-order valence-corrected chi connectivity index (χ0v) is 13.0.